The van der Waals surface area contributed by atoms with Gasteiger partial charge in [-0.1, -0.05) is 0 Å². The second kappa shape index (κ2) is 6.17. The van der Waals surface area contributed by atoms with Crippen LogP contribution in [0.25, 0.3) is 5.78 Å². The average Bonchev–Trinajstić information content (AvgIpc) is 3.15. The number of rotatable bonds is 3. The first-order valence-corrected chi connectivity index (χ1v) is 9.22. The summed E-state index contributed by atoms with van der Waals surface area (Å²) in [6.07, 6.45) is 3.83. The number of nitrogens with two attached hydrogens (primary N) is 1. The van der Waals surface area contributed by atoms with E-state index in [9.17, 15) is 9.59 Å². The topological polar surface area (TPSA) is 115 Å². The van der Waals surface area contributed by atoms with Crippen molar-refractivity contribution in [3.8, 4) is 0 Å². The number of anilines is 1. The van der Waals surface area contributed by atoms with Gasteiger partial charge in [0, 0.05) is 16.3 Å². The summed E-state index contributed by atoms with van der Waals surface area (Å²) in [5.41, 5.74) is 8.60. The fourth-order valence-corrected chi connectivity index (χ4v) is 4.63. The molecule has 0 unspecified atom stereocenters. The average molecular weight is 370 g/mol. The molecule has 0 aliphatic heterocycles. The lowest BCUT2D eigenvalue weighted by molar-refractivity contribution is 0.100. The molecule has 0 aromatic carbocycles. The molecule has 2 amide bonds. The normalized spacial score (nSPS) is 13.6. The van der Waals surface area contributed by atoms with E-state index in [2.05, 4.69) is 20.4 Å². The van der Waals surface area contributed by atoms with Gasteiger partial charge in [0.2, 0.25) is 5.82 Å². The number of hydrogen-bond donors (Lipinski definition) is 2. The molecule has 0 saturated carbocycles. The van der Waals surface area contributed by atoms with Gasteiger partial charge in [-0.05, 0) is 51.2 Å². The molecule has 1 aliphatic rings. The summed E-state index contributed by atoms with van der Waals surface area (Å²) >= 11 is 1.42. The van der Waals surface area contributed by atoms with Gasteiger partial charge in [-0.25, -0.2) is 9.50 Å². The molecule has 3 aromatic heterocycles. The van der Waals surface area contributed by atoms with Crippen LogP contribution in [0.3, 0.4) is 0 Å². The van der Waals surface area contributed by atoms with Crippen molar-refractivity contribution in [2.24, 2.45) is 5.73 Å². The van der Waals surface area contributed by atoms with Gasteiger partial charge in [0.15, 0.2) is 0 Å². The van der Waals surface area contributed by atoms with Gasteiger partial charge in [-0.2, -0.15) is 4.98 Å². The van der Waals surface area contributed by atoms with Crippen molar-refractivity contribution in [3.63, 3.8) is 0 Å². The molecule has 0 radical (unpaired) electrons. The van der Waals surface area contributed by atoms with Crippen LogP contribution in [0.2, 0.25) is 0 Å². The zero-order chi connectivity index (χ0) is 18.4. The highest BCUT2D eigenvalue weighted by atomic mass is 32.1. The Labute approximate surface area is 153 Å². The highest BCUT2D eigenvalue weighted by Crippen LogP contribution is 2.38. The van der Waals surface area contributed by atoms with Crippen molar-refractivity contribution in [3.05, 3.63) is 39.3 Å². The predicted octanol–water partition coefficient (Wildman–Crippen LogP) is 2.03. The molecule has 4 rings (SSSR count). The maximum Gasteiger partial charge on any atom is 0.296 e. The van der Waals surface area contributed by atoms with E-state index in [4.69, 9.17) is 5.73 Å². The molecular formula is C17H18N6O2S. The SMILES string of the molecule is Cc1cc(C)n2nc(C(=O)Nc3sc4c(c3C(N)=O)CCCC4)nc2n1. The van der Waals surface area contributed by atoms with Crippen molar-refractivity contribution in [2.75, 3.05) is 5.32 Å². The minimum Gasteiger partial charge on any atom is -0.365 e. The quantitative estimate of drug-likeness (QED) is 0.732. The smallest absolute Gasteiger partial charge is 0.296 e. The Morgan fingerprint density at radius 3 is 2.77 bits per heavy atom. The number of hydrogen-bond acceptors (Lipinski definition) is 6. The van der Waals surface area contributed by atoms with Gasteiger partial charge in [0.25, 0.3) is 17.6 Å². The van der Waals surface area contributed by atoms with Crippen LogP contribution in [0.4, 0.5) is 5.00 Å². The number of carbonyl (C=O) groups is 2. The maximum atomic E-state index is 12.6. The first-order valence-electron chi connectivity index (χ1n) is 8.40. The summed E-state index contributed by atoms with van der Waals surface area (Å²) in [4.78, 5) is 34.2. The Balaban J connectivity index is 1.70. The van der Waals surface area contributed by atoms with Crippen LogP contribution in [0.15, 0.2) is 6.07 Å². The third-order valence-electron chi connectivity index (χ3n) is 4.47. The van der Waals surface area contributed by atoms with Crippen LogP contribution in [0.5, 0.6) is 0 Å². The second-order valence-electron chi connectivity index (χ2n) is 6.42. The fourth-order valence-electron chi connectivity index (χ4n) is 3.34. The number of amides is 2. The number of nitrogens with one attached hydrogen (secondary N) is 1. The lowest BCUT2D eigenvalue weighted by Gasteiger charge is -2.11. The van der Waals surface area contributed by atoms with E-state index < -0.39 is 11.8 Å². The molecule has 3 aromatic rings. The molecule has 26 heavy (non-hydrogen) atoms. The molecular weight excluding hydrogens is 352 g/mol. The number of thiophene rings is 1. The van der Waals surface area contributed by atoms with E-state index in [1.165, 1.54) is 15.9 Å². The lowest BCUT2D eigenvalue weighted by Crippen LogP contribution is -2.19. The third-order valence-corrected chi connectivity index (χ3v) is 5.67. The van der Waals surface area contributed by atoms with Gasteiger partial charge < -0.3 is 11.1 Å². The maximum absolute atomic E-state index is 12.6. The second-order valence-corrected chi connectivity index (χ2v) is 7.52. The number of carbonyl (C=O) groups excluding carboxylic acids is 2. The Kier molecular flexibility index (Phi) is 3.95. The standard InChI is InChI=1S/C17H18N6O2S/c1-8-7-9(2)23-17(19-8)20-14(22-23)15(25)21-16-12(13(18)24)10-5-3-4-6-11(10)26-16/h7H,3-6H2,1-2H3,(H2,18,24)(H,21,25). The summed E-state index contributed by atoms with van der Waals surface area (Å²) < 4.78 is 1.52. The van der Waals surface area contributed by atoms with E-state index in [-0.39, 0.29) is 5.82 Å². The molecule has 0 saturated heterocycles. The Morgan fingerprint density at radius 2 is 2.00 bits per heavy atom. The summed E-state index contributed by atoms with van der Waals surface area (Å²) in [5, 5.41) is 7.48. The van der Waals surface area contributed by atoms with Crippen LogP contribution in [0.1, 0.15) is 55.6 Å². The first kappa shape index (κ1) is 16.6. The molecule has 0 bridgehead atoms. The van der Waals surface area contributed by atoms with Gasteiger partial charge in [0.1, 0.15) is 5.00 Å². The minimum atomic E-state index is -0.518. The van der Waals surface area contributed by atoms with Crippen molar-refractivity contribution < 1.29 is 9.59 Å². The Hall–Kier alpha value is -2.81. The molecule has 0 fully saturated rings. The zero-order valence-corrected chi connectivity index (χ0v) is 15.3. The van der Waals surface area contributed by atoms with E-state index in [0.717, 1.165) is 47.5 Å². The van der Waals surface area contributed by atoms with E-state index in [1.54, 1.807) is 0 Å². The van der Waals surface area contributed by atoms with E-state index >= 15 is 0 Å². The first-order chi connectivity index (χ1) is 12.4. The van der Waals surface area contributed by atoms with Gasteiger partial charge in [0.05, 0.1) is 5.56 Å². The van der Waals surface area contributed by atoms with Gasteiger partial charge >= 0.3 is 0 Å². The molecule has 0 atom stereocenters. The largest absolute Gasteiger partial charge is 0.365 e. The van der Waals surface area contributed by atoms with E-state index in [1.807, 2.05) is 19.9 Å². The highest BCUT2D eigenvalue weighted by Gasteiger charge is 2.26. The molecule has 134 valence electrons. The monoisotopic (exact) mass is 370 g/mol. The number of primary amides is 1. The van der Waals surface area contributed by atoms with Crippen LogP contribution in [-0.4, -0.2) is 31.4 Å². The van der Waals surface area contributed by atoms with Crippen LogP contribution < -0.4 is 11.1 Å². The van der Waals surface area contributed by atoms with Crippen LogP contribution in [-0.2, 0) is 12.8 Å². The third kappa shape index (κ3) is 2.74. The number of nitrogens with zero attached hydrogens (tertiary/aromatic N) is 4. The predicted molar refractivity (Wildman–Crippen MR) is 97.7 cm³/mol. The minimum absolute atomic E-state index is 0.00740. The fraction of sp³-hybridized carbons (Fsp3) is 0.353. The lowest BCUT2D eigenvalue weighted by atomic mass is 9.95. The molecule has 9 heteroatoms. The van der Waals surface area contributed by atoms with Crippen LogP contribution >= 0.6 is 11.3 Å². The van der Waals surface area contributed by atoms with E-state index in [0.29, 0.717) is 16.3 Å². The Bertz CT molecular complexity index is 1050. The van der Waals surface area contributed by atoms with Crippen molar-refractivity contribution in [1.29, 1.82) is 0 Å². The summed E-state index contributed by atoms with van der Waals surface area (Å²) in [5.74, 6) is -0.620. The van der Waals surface area contributed by atoms with Crippen molar-refractivity contribution in [1.82, 2.24) is 19.6 Å². The number of aryl methyl sites for hydroxylation is 3. The van der Waals surface area contributed by atoms with Crippen molar-refractivity contribution >= 4 is 33.9 Å². The van der Waals surface area contributed by atoms with Crippen molar-refractivity contribution in [2.45, 2.75) is 39.5 Å². The van der Waals surface area contributed by atoms with Crippen LogP contribution in [0, 0.1) is 13.8 Å². The summed E-state index contributed by atoms with van der Waals surface area (Å²) in [6, 6.07) is 1.86. The Morgan fingerprint density at radius 1 is 1.23 bits per heavy atom. The number of aromatic nitrogens is 4. The van der Waals surface area contributed by atoms with Gasteiger partial charge in [-0.15, -0.1) is 16.4 Å². The number of fused-ring (bicyclic) bond motifs is 2. The van der Waals surface area contributed by atoms with Gasteiger partial charge in [-0.3, -0.25) is 9.59 Å². The molecule has 1 aliphatic carbocycles. The highest BCUT2D eigenvalue weighted by molar-refractivity contribution is 7.17. The molecule has 8 nitrogen and oxygen atoms in total. The molecule has 3 N–H and O–H groups in total. The molecule has 3 heterocycles. The summed E-state index contributed by atoms with van der Waals surface area (Å²) in [7, 11) is 0. The zero-order valence-electron chi connectivity index (χ0n) is 14.5. The molecule has 0 spiro atoms. The summed E-state index contributed by atoms with van der Waals surface area (Å²) in [6.45, 7) is 3.73.